The molecule has 0 saturated heterocycles. The highest BCUT2D eigenvalue weighted by atomic mass is 32.2. The summed E-state index contributed by atoms with van der Waals surface area (Å²) < 4.78 is 32.2. The van der Waals surface area contributed by atoms with Crippen molar-refractivity contribution in [1.82, 2.24) is 19.7 Å². The Hall–Kier alpha value is -2.68. The van der Waals surface area contributed by atoms with Crippen LogP contribution in [0.1, 0.15) is 46.7 Å². The van der Waals surface area contributed by atoms with E-state index in [0.717, 1.165) is 12.1 Å². The molecule has 2 heterocycles. The Morgan fingerprint density at radius 3 is 2.50 bits per heavy atom. The first-order valence-electron chi connectivity index (χ1n) is 9.99. The molecular formula is C21H28N4O4S. The topological polar surface area (TPSA) is 107 Å². The number of fused-ring (bicyclic) bond motifs is 1. The summed E-state index contributed by atoms with van der Waals surface area (Å²) in [6.07, 6.45) is 1.55. The van der Waals surface area contributed by atoms with Crippen molar-refractivity contribution in [1.29, 1.82) is 0 Å². The van der Waals surface area contributed by atoms with Gasteiger partial charge >= 0.3 is 0 Å². The van der Waals surface area contributed by atoms with Gasteiger partial charge in [0.1, 0.15) is 17.1 Å². The van der Waals surface area contributed by atoms with Gasteiger partial charge in [-0.25, -0.2) is 13.4 Å². The summed E-state index contributed by atoms with van der Waals surface area (Å²) in [5, 5.41) is 4.43. The number of benzene rings is 1. The van der Waals surface area contributed by atoms with Gasteiger partial charge in [0.15, 0.2) is 15.4 Å². The van der Waals surface area contributed by atoms with E-state index < -0.39 is 14.6 Å². The van der Waals surface area contributed by atoms with Crippen LogP contribution in [-0.4, -0.2) is 39.5 Å². The number of H-pyrrole nitrogens is 1. The normalized spacial score (nSPS) is 12.5. The molecule has 1 aromatic carbocycles. The van der Waals surface area contributed by atoms with E-state index in [1.807, 2.05) is 13.8 Å². The van der Waals surface area contributed by atoms with Gasteiger partial charge in [0, 0.05) is 7.05 Å². The average Bonchev–Trinajstić information content (AvgIpc) is 2.97. The Bertz CT molecular complexity index is 1250. The number of aromatic nitrogens is 4. The Labute approximate surface area is 176 Å². The summed E-state index contributed by atoms with van der Waals surface area (Å²) in [5.41, 5.74) is 1.73. The van der Waals surface area contributed by atoms with Gasteiger partial charge in [0.25, 0.3) is 5.56 Å². The largest absolute Gasteiger partial charge is 0.493 e. The van der Waals surface area contributed by atoms with Crippen molar-refractivity contribution in [3.63, 3.8) is 0 Å². The lowest BCUT2D eigenvalue weighted by Crippen LogP contribution is -2.28. The number of aromatic amines is 1. The first-order chi connectivity index (χ1) is 14.0. The average molecular weight is 433 g/mol. The second-order valence-electron chi connectivity index (χ2n) is 8.14. The molecule has 162 valence electrons. The number of aryl methyl sites for hydroxylation is 2. The van der Waals surface area contributed by atoms with Crippen molar-refractivity contribution in [2.75, 3.05) is 6.61 Å². The molecule has 0 spiro atoms. The quantitative estimate of drug-likeness (QED) is 0.641. The maximum Gasteiger partial charge on any atom is 0.277 e. The molecule has 30 heavy (non-hydrogen) atoms. The summed E-state index contributed by atoms with van der Waals surface area (Å²) in [7, 11) is -1.89. The minimum atomic E-state index is -3.60. The number of nitrogens with zero attached hydrogens (tertiary/aromatic N) is 3. The van der Waals surface area contributed by atoms with Crippen molar-refractivity contribution in [2.45, 2.75) is 57.1 Å². The minimum absolute atomic E-state index is 0.149. The predicted octanol–water partition coefficient (Wildman–Crippen LogP) is 3.25. The zero-order valence-corrected chi connectivity index (χ0v) is 19.1. The molecule has 9 heteroatoms. The summed E-state index contributed by atoms with van der Waals surface area (Å²) in [6, 6.07) is 4.65. The van der Waals surface area contributed by atoms with E-state index in [1.165, 1.54) is 16.8 Å². The van der Waals surface area contributed by atoms with Crippen LogP contribution in [0, 0.1) is 0 Å². The molecule has 0 amide bonds. The van der Waals surface area contributed by atoms with Crippen LogP contribution in [0.5, 0.6) is 5.75 Å². The number of ether oxygens (including phenoxy) is 1. The molecule has 0 aliphatic rings. The van der Waals surface area contributed by atoms with Gasteiger partial charge < -0.3 is 9.72 Å². The van der Waals surface area contributed by atoms with Crippen LogP contribution < -0.4 is 10.3 Å². The van der Waals surface area contributed by atoms with Gasteiger partial charge in [-0.15, -0.1) is 0 Å². The second-order valence-corrected chi connectivity index (χ2v) is 10.8. The van der Waals surface area contributed by atoms with Gasteiger partial charge in [-0.2, -0.15) is 5.10 Å². The lowest BCUT2D eigenvalue weighted by atomic mass is 10.1. The van der Waals surface area contributed by atoms with E-state index in [4.69, 9.17) is 4.74 Å². The zero-order valence-electron chi connectivity index (χ0n) is 18.2. The summed E-state index contributed by atoms with van der Waals surface area (Å²) in [6.45, 7) is 9.21. The maximum atomic E-state index is 13.0. The third kappa shape index (κ3) is 3.74. The Morgan fingerprint density at radius 2 is 1.90 bits per heavy atom. The number of sulfone groups is 1. The molecule has 0 radical (unpaired) electrons. The highest BCUT2D eigenvalue weighted by Gasteiger charge is 2.32. The molecule has 0 fully saturated rings. The number of rotatable bonds is 6. The molecule has 8 nitrogen and oxygen atoms in total. The fraction of sp³-hybridized carbons (Fsp3) is 0.476. The Morgan fingerprint density at radius 1 is 1.20 bits per heavy atom. The lowest BCUT2D eigenvalue weighted by Gasteiger charge is -2.20. The third-order valence-corrected chi connectivity index (χ3v) is 7.36. The van der Waals surface area contributed by atoms with Gasteiger partial charge in [-0.3, -0.25) is 9.48 Å². The van der Waals surface area contributed by atoms with Crippen LogP contribution in [0.15, 0.2) is 27.9 Å². The molecule has 0 saturated carbocycles. The van der Waals surface area contributed by atoms with Crippen LogP contribution in [-0.2, 0) is 23.3 Å². The van der Waals surface area contributed by atoms with Crippen molar-refractivity contribution >= 4 is 20.9 Å². The molecular weight excluding hydrogens is 404 g/mol. The van der Waals surface area contributed by atoms with Crippen molar-refractivity contribution < 1.29 is 13.2 Å². The second kappa shape index (κ2) is 7.86. The molecule has 0 atom stereocenters. The first kappa shape index (κ1) is 22.0. The highest BCUT2D eigenvalue weighted by Crippen LogP contribution is 2.34. The molecule has 0 aliphatic carbocycles. The number of hydrogen-bond acceptors (Lipinski definition) is 6. The monoisotopic (exact) mass is 432 g/mol. The van der Waals surface area contributed by atoms with Crippen molar-refractivity contribution in [3.05, 3.63) is 34.2 Å². The van der Waals surface area contributed by atoms with E-state index in [9.17, 15) is 13.2 Å². The van der Waals surface area contributed by atoms with E-state index in [1.54, 1.807) is 33.9 Å². The predicted molar refractivity (Wildman–Crippen MR) is 117 cm³/mol. The molecule has 2 aromatic heterocycles. The summed E-state index contributed by atoms with van der Waals surface area (Å²) in [5.74, 6) is 0.709. The van der Waals surface area contributed by atoms with Crippen LogP contribution >= 0.6 is 0 Å². The van der Waals surface area contributed by atoms with Gasteiger partial charge in [0.05, 0.1) is 27.5 Å². The molecule has 0 aliphatic heterocycles. The number of nitrogens with one attached hydrogen (secondary N) is 1. The molecule has 1 N–H and O–H groups in total. The fourth-order valence-corrected chi connectivity index (χ4v) is 4.50. The van der Waals surface area contributed by atoms with Gasteiger partial charge in [-0.1, -0.05) is 13.3 Å². The number of hydrogen-bond donors (Lipinski definition) is 1. The lowest BCUT2D eigenvalue weighted by molar-refractivity contribution is 0.341. The van der Waals surface area contributed by atoms with Crippen molar-refractivity contribution in [3.8, 4) is 17.1 Å². The Kier molecular flexibility index (Phi) is 5.77. The van der Waals surface area contributed by atoms with E-state index in [2.05, 4.69) is 15.1 Å². The maximum absolute atomic E-state index is 13.0. The van der Waals surface area contributed by atoms with Gasteiger partial charge in [0.2, 0.25) is 0 Å². The first-order valence-corrected chi connectivity index (χ1v) is 11.5. The Balaban J connectivity index is 2.30. The summed E-state index contributed by atoms with van der Waals surface area (Å²) in [4.78, 5) is 20.4. The van der Waals surface area contributed by atoms with Gasteiger partial charge in [-0.05, 0) is 52.3 Å². The standard InChI is InChI=1S/C21H28N4O4S/c1-7-9-15-17-18(25(6)24-15)20(26)23-19(22-17)14-12-13(10-11-16(14)29-8-2)30(27,28)21(3,4)5/h10-12H,7-9H2,1-6H3,(H,22,23,26). The highest BCUT2D eigenvalue weighted by molar-refractivity contribution is 7.92. The van der Waals surface area contributed by atoms with Crippen LogP contribution in [0.3, 0.4) is 0 Å². The van der Waals surface area contributed by atoms with Crippen LogP contribution in [0.4, 0.5) is 0 Å². The van der Waals surface area contributed by atoms with E-state index in [-0.39, 0.29) is 16.3 Å². The van der Waals surface area contributed by atoms with Crippen molar-refractivity contribution in [2.24, 2.45) is 7.05 Å². The third-order valence-electron chi connectivity index (χ3n) is 4.87. The molecule has 0 bridgehead atoms. The molecule has 3 rings (SSSR count). The van der Waals surface area contributed by atoms with E-state index in [0.29, 0.717) is 35.4 Å². The van der Waals surface area contributed by atoms with Crippen LogP contribution in [0.2, 0.25) is 0 Å². The van der Waals surface area contributed by atoms with Crippen LogP contribution in [0.25, 0.3) is 22.4 Å². The molecule has 0 unspecified atom stereocenters. The summed E-state index contributed by atoms with van der Waals surface area (Å²) >= 11 is 0. The SMILES string of the molecule is CCCc1nn(C)c2c(=O)[nH]c(-c3cc(S(=O)(=O)C(C)(C)C)ccc3OCC)nc12. The smallest absolute Gasteiger partial charge is 0.277 e. The fourth-order valence-electron chi connectivity index (χ4n) is 3.28. The molecule has 3 aromatic rings. The minimum Gasteiger partial charge on any atom is -0.493 e. The van der Waals surface area contributed by atoms with E-state index >= 15 is 0 Å². The zero-order chi connectivity index (χ0) is 22.3.